The number of halogens is 1. The standard InChI is InChI=1S/C13H20FNS/c1-2-3-4-7-16-10-12-8-11(9-15)5-6-13(12)14/h5-6,8H,2-4,7,9-10,15H2,1H3. The summed E-state index contributed by atoms with van der Waals surface area (Å²) in [6.07, 6.45) is 3.72. The van der Waals surface area contributed by atoms with Gasteiger partial charge in [-0.1, -0.05) is 31.9 Å². The Hall–Kier alpha value is -0.540. The molecule has 0 spiro atoms. The SMILES string of the molecule is CCCCCSCc1cc(CN)ccc1F. The molecule has 0 bridgehead atoms. The molecule has 0 amide bonds. The maximum absolute atomic E-state index is 13.4. The van der Waals surface area contributed by atoms with Crippen molar-refractivity contribution in [1.82, 2.24) is 0 Å². The van der Waals surface area contributed by atoms with Crippen molar-refractivity contribution < 1.29 is 4.39 Å². The molecule has 1 aromatic carbocycles. The molecule has 1 nitrogen and oxygen atoms in total. The average Bonchev–Trinajstić information content (AvgIpc) is 2.31. The fourth-order valence-electron chi connectivity index (χ4n) is 1.50. The van der Waals surface area contributed by atoms with Crippen LogP contribution in [0, 0.1) is 5.82 Å². The van der Waals surface area contributed by atoms with E-state index in [1.54, 1.807) is 17.8 Å². The zero-order valence-electron chi connectivity index (χ0n) is 9.84. The van der Waals surface area contributed by atoms with Gasteiger partial charge in [0.1, 0.15) is 5.82 Å². The number of benzene rings is 1. The van der Waals surface area contributed by atoms with Crippen molar-refractivity contribution in [3.63, 3.8) is 0 Å². The highest BCUT2D eigenvalue weighted by atomic mass is 32.2. The number of unbranched alkanes of at least 4 members (excludes halogenated alkanes) is 2. The van der Waals surface area contributed by atoms with Crippen molar-refractivity contribution in [2.45, 2.75) is 38.5 Å². The summed E-state index contributed by atoms with van der Waals surface area (Å²) < 4.78 is 13.4. The molecule has 3 heteroatoms. The van der Waals surface area contributed by atoms with Gasteiger partial charge in [0.05, 0.1) is 0 Å². The molecule has 2 N–H and O–H groups in total. The maximum Gasteiger partial charge on any atom is 0.127 e. The first-order valence-corrected chi connectivity index (χ1v) is 6.98. The summed E-state index contributed by atoms with van der Waals surface area (Å²) in [4.78, 5) is 0. The van der Waals surface area contributed by atoms with Gasteiger partial charge in [-0.15, -0.1) is 0 Å². The summed E-state index contributed by atoms with van der Waals surface area (Å²) in [5, 5.41) is 0. The molecule has 16 heavy (non-hydrogen) atoms. The van der Waals surface area contributed by atoms with Gasteiger partial charge in [0.15, 0.2) is 0 Å². The lowest BCUT2D eigenvalue weighted by Crippen LogP contribution is -1.98. The highest BCUT2D eigenvalue weighted by Gasteiger charge is 2.03. The summed E-state index contributed by atoms with van der Waals surface area (Å²) in [6.45, 7) is 2.67. The van der Waals surface area contributed by atoms with Gasteiger partial charge in [-0.2, -0.15) is 11.8 Å². The van der Waals surface area contributed by atoms with Gasteiger partial charge in [0, 0.05) is 12.3 Å². The Morgan fingerprint density at radius 3 is 2.81 bits per heavy atom. The molecular weight excluding hydrogens is 221 g/mol. The summed E-state index contributed by atoms with van der Waals surface area (Å²) in [5.41, 5.74) is 7.32. The Morgan fingerprint density at radius 1 is 1.31 bits per heavy atom. The van der Waals surface area contributed by atoms with Crippen LogP contribution in [0.1, 0.15) is 37.3 Å². The molecule has 0 saturated carbocycles. The second kappa shape index (κ2) is 7.69. The van der Waals surface area contributed by atoms with Crippen molar-refractivity contribution in [2.24, 2.45) is 5.73 Å². The summed E-state index contributed by atoms with van der Waals surface area (Å²) in [7, 11) is 0. The Kier molecular flexibility index (Phi) is 6.50. The minimum Gasteiger partial charge on any atom is -0.326 e. The van der Waals surface area contributed by atoms with Gasteiger partial charge < -0.3 is 5.73 Å². The van der Waals surface area contributed by atoms with Crippen LogP contribution in [0.2, 0.25) is 0 Å². The van der Waals surface area contributed by atoms with Gasteiger partial charge >= 0.3 is 0 Å². The minimum absolute atomic E-state index is 0.111. The number of hydrogen-bond donors (Lipinski definition) is 1. The topological polar surface area (TPSA) is 26.0 Å². The average molecular weight is 241 g/mol. The minimum atomic E-state index is -0.111. The zero-order chi connectivity index (χ0) is 11.8. The van der Waals surface area contributed by atoms with E-state index in [1.807, 2.05) is 6.07 Å². The van der Waals surface area contributed by atoms with Gasteiger partial charge in [-0.25, -0.2) is 4.39 Å². The second-order valence-corrected chi connectivity index (χ2v) is 4.99. The lowest BCUT2D eigenvalue weighted by atomic mass is 10.1. The summed E-state index contributed by atoms with van der Waals surface area (Å²) in [5.74, 6) is 1.75. The van der Waals surface area contributed by atoms with Crippen LogP contribution in [0.4, 0.5) is 4.39 Å². The van der Waals surface area contributed by atoms with Crippen molar-refractivity contribution in [3.8, 4) is 0 Å². The predicted octanol–water partition coefficient (Wildman–Crippen LogP) is 3.71. The predicted molar refractivity (Wildman–Crippen MR) is 70.0 cm³/mol. The number of thioether (sulfide) groups is 1. The van der Waals surface area contributed by atoms with Crippen LogP contribution in [0.3, 0.4) is 0 Å². The Balaban J connectivity index is 2.40. The number of hydrogen-bond acceptors (Lipinski definition) is 2. The van der Waals surface area contributed by atoms with Gasteiger partial charge in [-0.05, 0) is 29.4 Å². The van der Waals surface area contributed by atoms with E-state index in [4.69, 9.17) is 5.73 Å². The first-order valence-electron chi connectivity index (χ1n) is 5.83. The summed E-state index contributed by atoms with van der Waals surface area (Å²) >= 11 is 1.80. The maximum atomic E-state index is 13.4. The molecule has 0 atom stereocenters. The lowest BCUT2D eigenvalue weighted by Gasteiger charge is -2.05. The third kappa shape index (κ3) is 4.54. The van der Waals surface area contributed by atoms with E-state index < -0.39 is 0 Å². The molecule has 0 aliphatic rings. The molecule has 0 aliphatic carbocycles. The molecule has 0 radical (unpaired) electrons. The quantitative estimate of drug-likeness (QED) is 0.736. The number of rotatable bonds is 7. The Morgan fingerprint density at radius 2 is 2.12 bits per heavy atom. The molecule has 0 fully saturated rings. The van der Waals surface area contributed by atoms with Crippen molar-refractivity contribution in [3.05, 3.63) is 35.1 Å². The molecule has 1 rings (SSSR count). The molecule has 0 aromatic heterocycles. The molecular formula is C13H20FNS. The molecule has 0 heterocycles. The fraction of sp³-hybridized carbons (Fsp3) is 0.538. The third-order valence-electron chi connectivity index (χ3n) is 2.50. The molecule has 0 saturated heterocycles. The van der Waals surface area contributed by atoms with Crippen LogP contribution in [0.25, 0.3) is 0 Å². The summed E-state index contributed by atoms with van der Waals surface area (Å²) in [6, 6.07) is 5.15. The first-order chi connectivity index (χ1) is 7.77. The molecule has 0 unspecified atom stereocenters. The van der Waals surface area contributed by atoms with Gasteiger partial charge in [0.25, 0.3) is 0 Å². The van der Waals surface area contributed by atoms with Crippen LogP contribution in [0.5, 0.6) is 0 Å². The normalized spacial score (nSPS) is 10.7. The van der Waals surface area contributed by atoms with Crippen molar-refractivity contribution in [1.29, 1.82) is 0 Å². The monoisotopic (exact) mass is 241 g/mol. The Bertz CT molecular complexity index is 315. The smallest absolute Gasteiger partial charge is 0.127 e. The highest BCUT2D eigenvalue weighted by molar-refractivity contribution is 7.98. The van der Waals surface area contributed by atoms with E-state index in [1.165, 1.54) is 25.3 Å². The van der Waals surface area contributed by atoms with E-state index in [2.05, 4.69) is 6.92 Å². The highest BCUT2D eigenvalue weighted by Crippen LogP contribution is 2.18. The van der Waals surface area contributed by atoms with Crippen molar-refractivity contribution >= 4 is 11.8 Å². The fourth-order valence-corrected chi connectivity index (χ4v) is 2.50. The van der Waals surface area contributed by atoms with Gasteiger partial charge in [-0.3, -0.25) is 0 Å². The van der Waals surface area contributed by atoms with E-state index in [-0.39, 0.29) is 5.82 Å². The van der Waals surface area contributed by atoms with E-state index >= 15 is 0 Å². The Labute approximate surface area is 102 Å². The largest absolute Gasteiger partial charge is 0.326 e. The van der Waals surface area contributed by atoms with Crippen LogP contribution in [0.15, 0.2) is 18.2 Å². The van der Waals surface area contributed by atoms with E-state index in [0.29, 0.717) is 6.54 Å². The second-order valence-electron chi connectivity index (χ2n) is 3.89. The van der Waals surface area contributed by atoms with Crippen LogP contribution >= 0.6 is 11.8 Å². The van der Waals surface area contributed by atoms with Crippen LogP contribution in [-0.2, 0) is 12.3 Å². The molecule has 0 aliphatic heterocycles. The molecule has 90 valence electrons. The van der Waals surface area contributed by atoms with E-state index in [0.717, 1.165) is 22.6 Å². The molecule has 1 aromatic rings. The zero-order valence-corrected chi connectivity index (χ0v) is 10.7. The third-order valence-corrected chi connectivity index (χ3v) is 3.59. The first kappa shape index (κ1) is 13.5. The lowest BCUT2D eigenvalue weighted by molar-refractivity contribution is 0.616. The van der Waals surface area contributed by atoms with Gasteiger partial charge in [0.2, 0.25) is 0 Å². The number of nitrogens with two attached hydrogens (primary N) is 1. The van der Waals surface area contributed by atoms with E-state index in [9.17, 15) is 4.39 Å². The van der Waals surface area contributed by atoms with Crippen LogP contribution in [-0.4, -0.2) is 5.75 Å². The van der Waals surface area contributed by atoms with Crippen molar-refractivity contribution in [2.75, 3.05) is 5.75 Å². The van der Waals surface area contributed by atoms with Crippen LogP contribution < -0.4 is 5.73 Å².